The van der Waals surface area contributed by atoms with Crippen molar-refractivity contribution in [2.75, 3.05) is 26.8 Å². The van der Waals surface area contributed by atoms with Crippen LogP contribution in [0.5, 0.6) is 0 Å². The van der Waals surface area contributed by atoms with E-state index in [-0.39, 0.29) is 12.1 Å². The summed E-state index contributed by atoms with van der Waals surface area (Å²) < 4.78 is 5.14. The second-order valence-electron chi connectivity index (χ2n) is 5.16. The zero-order chi connectivity index (χ0) is 12.7. The first-order valence-electron chi connectivity index (χ1n) is 6.69. The van der Waals surface area contributed by atoms with E-state index in [0.29, 0.717) is 12.5 Å². The largest absolute Gasteiger partial charge is 0.383 e. The van der Waals surface area contributed by atoms with Gasteiger partial charge in [-0.2, -0.15) is 0 Å². The number of methoxy groups -OCH3 is 1. The van der Waals surface area contributed by atoms with Gasteiger partial charge in [0.25, 0.3) is 0 Å². The maximum atomic E-state index is 12.1. The molecule has 1 fully saturated rings. The normalized spacial score (nSPS) is 18.9. The Balaban J connectivity index is 2.44. The zero-order valence-electron chi connectivity index (χ0n) is 11.4. The van der Waals surface area contributed by atoms with Crippen LogP contribution in [-0.2, 0) is 4.74 Å². The first-order valence-corrected chi connectivity index (χ1v) is 6.69. The lowest BCUT2D eigenvalue weighted by Gasteiger charge is -2.27. The van der Waals surface area contributed by atoms with Crippen molar-refractivity contribution in [1.29, 1.82) is 0 Å². The Bertz CT molecular complexity index is 223. The fourth-order valence-corrected chi connectivity index (χ4v) is 2.10. The number of likely N-dealkylation sites (tertiary alicyclic amines) is 1. The predicted octanol–water partition coefficient (Wildman–Crippen LogP) is 2.24. The Morgan fingerprint density at radius 3 is 2.29 bits per heavy atom. The number of carbonyl (C=O) groups excluding carboxylic acids is 1. The number of hydrogen-bond donors (Lipinski definition) is 1. The van der Waals surface area contributed by atoms with Crippen LogP contribution in [0.1, 0.15) is 39.5 Å². The smallest absolute Gasteiger partial charge is 0.317 e. The lowest BCUT2D eigenvalue weighted by molar-refractivity contribution is 0.139. The molecule has 1 rings (SSSR count). The number of carbonyl (C=O) groups is 1. The summed E-state index contributed by atoms with van der Waals surface area (Å²) in [6.45, 7) is 6.57. The molecule has 0 aromatic heterocycles. The highest BCUT2D eigenvalue weighted by Crippen LogP contribution is 2.10. The average molecular weight is 242 g/mol. The highest BCUT2D eigenvalue weighted by atomic mass is 16.5. The lowest BCUT2D eigenvalue weighted by atomic mass is 10.1. The average Bonchev–Trinajstić information content (AvgIpc) is 2.56. The van der Waals surface area contributed by atoms with Gasteiger partial charge in [0, 0.05) is 20.2 Å². The van der Waals surface area contributed by atoms with E-state index in [1.54, 1.807) is 7.11 Å². The Hall–Kier alpha value is -0.770. The molecule has 0 aromatic rings. The van der Waals surface area contributed by atoms with Crippen molar-refractivity contribution in [3.63, 3.8) is 0 Å². The van der Waals surface area contributed by atoms with Crippen molar-refractivity contribution in [2.45, 2.75) is 45.6 Å². The highest BCUT2D eigenvalue weighted by molar-refractivity contribution is 5.74. The molecule has 100 valence electrons. The summed E-state index contributed by atoms with van der Waals surface area (Å²) in [4.78, 5) is 14.0. The van der Waals surface area contributed by atoms with Gasteiger partial charge in [-0.25, -0.2) is 4.79 Å². The highest BCUT2D eigenvalue weighted by Gasteiger charge is 2.20. The van der Waals surface area contributed by atoms with Crippen LogP contribution in [0.25, 0.3) is 0 Å². The summed E-state index contributed by atoms with van der Waals surface area (Å²) in [7, 11) is 1.67. The molecule has 1 aliphatic heterocycles. The minimum Gasteiger partial charge on any atom is -0.383 e. The molecule has 1 saturated heterocycles. The Kier molecular flexibility index (Phi) is 6.34. The molecule has 1 N–H and O–H groups in total. The van der Waals surface area contributed by atoms with Gasteiger partial charge < -0.3 is 15.0 Å². The number of ether oxygens (including phenoxy) is 1. The van der Waals surface area contributed by atoms with Crippen LogP contribution >= 0.6 is 0 Å². The number of rotatable bonds is 4. The van der Waals surface area contributed by atoms with Crippen LogP contribution in [0.2, 0.25) is 0 Å². The first-order chi connectivity index (χ1) is 8.15. The quantitative estimate of drug-likeness (QED) is 0.821. The van der Waals surface area contributed by atoms with E-state index in [1.807, 2.05) is 4.90 Å². The minimum atomic E-state index is 0.0719. The van der Waals surface area contributed by atoms with E-state index in [2.05, 4.69) is 19.2 Å². The number of urea groups is 1. The molecule has 0 aliphatic carbocycles. The van der Waals surface area contributed by atoms with Gasteiger partial charge in [-0.3, -0.25) is 0 Å². The van der Waals surface area contributed by atoms with Gasteiger partial charge >= 0.3 is 6.03 Å². The number of nitrogens with one attached hydrogen (secondary N) is 1. The summed E-state index contributed by atoms with van der Waals surface area (Å²) >= 11 is 0. The summed E-state index contributed by atoms with van der Waals surface area (Å²) in [5.74, 6) is 0.394. The summed E-state index contributed by atoms with van der Waals surface area (Å²) in [6, 6.07) is 0.179. The van der Waals surface area contributed by atoms with E-state index >= 15 is 0 Å². The van der Waals surface area contributed by atoms with Crippen molar-refractivity contribution >= 4 is 6.03 Å². The molecule has 0 spiro atoms. The third-order valence-corrected chi connectivity index (χ3v) is 3.35. The van der Waals surface area contributed by atoms with Crippen molar-refractivity contribution in [3.8, 4) is 0 Å². The molecule has 0 saturated carbocycles. The van der Waals surface area contributed by atoms with Crippen LogP contribution in [0.15, 0.2) is 0 Å². The third kappa shape index (κ3) is 4.94. The molecule has 2 amide bonds. The van der Waals surface area contributed by atoms with Gasteiger partial charge in [0.2, 0.25) is 0 Å². The van der Waals surface area contributed by atoms with E-state index in [1.165, 1.54) is 12.8 Å². The fraction of sp³-hybridized carbons (Fsp3) is 0.923. The number of amides is 2. The van der Waals surface area contributed by atoms with Gasteiger partial charge in [-0.05, 0) is 18.8 Å². The van der Waals surface area contributed by atoms with Crippen LogP contribution in [0.3, 0.4) is 0 Å². The Labute approximate surface area is 105 Å². The number of hydrogen-bond acceptors (Lipinski definition) is 2. The number of nitrogens with zero attached hydrogens (tertiary/aromatic N) is 1. The van der Waals surface area contributed by atoms with E-state index in [0.717, 1.165) is 25.9 Å². The van der Waals surface area contributed by atoms with E-state index in [4.69, 9.17) is 4.74 Å². The molecule has 4 nitrogen and oxygen atoms in total. The van der Waals surface area contributed by atoms with Gasteiger partial charge in [0.1, 0.15) is 0 Å². The maximum Gasteiger partial charge on any atom is 0.317 e. The van der Waals surface area contributed by atoms with Crippen LogP contribution in [-0.4, -0.2) is 43.8 Å². The van der Waals surface area contributed by atoms with E-state index < -0.39 is 0 Å². The second-order valence-corrected chi connectivity index (χ2v) is 5.16. The molecular weight excluding hydrogens is 216 g/mol. The third-order valence-electron chi connectivity index (χ3n) is 3.35. The Morgan fingerprint density at radius 2 is 1.82 bits per heavy atom. The van der Waals surface area contributed by atoms with Gasteiger partial charge in [0.05, 0.1) is 12.6 Å². The predicted molar refractivity (Wildman–Crippen MR) is 69.1 cm³/mol. The standard InChI is InChI=1S/C13H26N2O2/c1-11(2)12(10-17-3)14-13(16)15-8-6-4-5-7-9-15/h11-12H,4-10H2,1-3H3,(H,14,16). The maximum absolute atomic E-state index is 12.1. The van der Waals surface area contributed by atoms with Gasteiger partial charge in [0.15, 0.2) is 0 Å². The topological polar surface area (TPSA) is 41.6 Å². The van der Waals surface area contributed by atoms with Gasteiger partial charge in [-0.15, -0.1) is 0 Å². The summed E-state index contributed by atoms with van der Waals surface area (Å²) in [5, 5.41) is 3.08. The van der Waals surface area contributed by atoms with Crippen molar-refractivity contribution in [1.82, 2.24) is 10.2 Å². The molecular formula is C13H26N2O2. The van der Waals surface area contributed by atoms with Crippen LogP contribution < -0.4 is 5.32 Å². The summed E-state index contributed by atoms with van der Waals surface area (Å²) in [5.41, 5.74) is 0. The second kappa shape index (κ2) is 7.54. The van der Waals surface area contributed by atoms with Crippen LogP contribution in [0.4, 0.5) is 4.79 Å². The first kappa shape index (κ1) is 14.3. The molecule has 1 unspecified atom stereocenters. The zero-order valence-corrected chi connectivity index (χ0v) is 11.4. The SMILES string of the molecule is COCC(NC(=O)N1CCCCCC1)C(C)C. The Morgan fingerprint density at radius 1 is 1.24 bits per heavy atom. The molecule has 0 radical (unpaired) electrons. The fourth-order valence-electron chi connectivity index (χ4n) is 2.10. The summed E-state index contributed by atoms with van der Waals surface area (Å²) in [6.07, 6.45) is 4.75. The monoisotopic (exact) mass is 242 g/mol. The molecule has 0 bridgehead atoms. The lowest BCUT2D eigenvalue weighted by Crippen LogP contribution is -2.48. The van der Waals surface area contributed by atoms with Crippen molar-refractivity contribution in [2.24, 2.45) is 5.92 Å². The van der Waals surface area contributed by atoms with E-state index in [9.17, 15) is 4.79 Å². The molecule has 0 aromatic carbocycles. The molecule has 17 heavy (non-hydrogen) atoms. The molecule has 4 heteroatoms. The molecule has 1 heterocycles. The van der Waals surface area contributed by atoms with Crippen LogP contribution in [0, 0.1) is 5.92 Å². The minimum absolute atomic E-state index is 0.0719. The molecule has 1 aliphatic rings. The van der Waals surface area contributed by atoms with Crippen molar-refractivity contribution in [3.05, 3.63) is 0 Å². The molecule has 1 atom stereocenters. The van der Waals surface area contributed by atoms with Gasteiger partial charge in [-0.1, -0.05) is 26.7 Å². The van der Waals surface area contributed by atoms with Crippen molar-refractivity contribution < 1.29 is 9.53 Å².